The molecule has 1 amide bonds. The average molecular weight is 509 g/mol. The predicted octanol–water partition coefficient (Wildman–Crippen LogP) is 4.02. The molecule has 0 aliphatic carbocycles. The first-order chi connectivity index (χ1) is 18.0. The zero-order valence-corrected chi connectivity index (χ0v) is 21.7. The van der Waals surface area contributed by atoms with Crippen LogP contribution in [0.2, 0.25) is 0 Å². The van der Waals surface area contributed by atoms with Crippen molar-refractivity contribution in [1.29, 1.82) is 0 Å². The van der Waals surface area contributed by atoms with E-state index in [0.717, 1.165) is 37.2 Å². The molecule has 2 aliphatic heterocycles. The molecule has 0 aromatic heterocycles. The molecule has 37 heavy (non-hydrogen) atoms. The number of aliphatic hydroxyl groups excluding tert-OH is 1. The quantitative estimate of drug-likeness (QED) is 0.212. The van der Waals surface area contributed by atoms with Gasteiger partial charge in [0.15, 0.2) is 0 Å². The van der Waals surface area contributed by atoms with Gasteiger partial charge in [-0.05, 0) is 43.2 Å². The summed E-state index contributed by atoms with van der Waals surface area (Å²) in [5, 5.41) is 11.3. The molecule has 8 heteroatoms. The summed E-state index contributed by atoms with van der Waals surface area (Å²) < 4.78 is 16.8. The summed E-state index contributed by atoms with van der Waals surface area (Å²) in [6, 6.07) is 13.7. The van der Waals surface area contributed by atoms with Gasteiger partial charge in [-0.15, -0.1) is 0 Å². The van der Waals surface area contributed by atoms with Crippen molar-refractivity contribution in [2.24, 2.45) is 0 Å². The van der Waals surface area contributed by atoms with E-state index < -0.39 is 17.7 Å². The first-order valence-electron chi connectivity index (χ1n) is 13.1. The van der Waals surface area contributed by atoms with Gasteiger partial charge in [0.05, 0.1) is 38.0 Å². The number of morpholine rings is 1. The summed E-state index contributed by atoms with van der Waals surface area (Å²) in [5.41, 5.74) is 1.26. The van der Waals surface area contributed by atoms with Crippen molar-refractivity contribution in [1.82, 2.24) is 9.80 Å². The fourth-order valence-corrected chi connectivity index (χ4v) is 4.67. The Morgan fingerprint density at radius 2 is 1.76 bits per heavy atom. The highest BCUT2D eigenvalue weighted by Crippen LogP contribution is 2.40. The van der Waals surface area contributed by atoms with Crippen LogP contribution in [0.3, 0.4) is 0 Å². The molecule has 2 heterocycles. The lowest BCUT2D eigenvalue weighted by Gasteiger charge is -2.31. The number of Topliss-reactive ketones (excluding diaryl/α,β-unsaturated/α-hetero) is 1. The number of carbonyl (C=O) groups excluding carboxylic acids is 2. The van der Waals surface area contributed by atoms with Gasteiger partial charge in [-0.2, -0.15) is 0 Å². The number of rotatable bonds is 11. The number of likely N-dealkylation sites (tertiary alicyclic amines) is 1. The van der Waals surface area contributed by atoms with Crippen molar-refractivity contribution in [3.63, 3.8) is 0 Å². The number of ketones is 1. The summed E-state index contributed by atoms with van der Waals surface area (Å²) in [7, 11) is 0. The molecule has 2 fully saturated rings. The topological polar surface area (TPSA) is 88.5 Å². The van der Waals surface area contributed by atoms with Gasteiger partial charge >= 0.3 is 0 Å². The lowest BCUT2D eigenvalue weighted by molar-refractivity contribution is -0.140. The number of unbranched alkanes of at least 4 members (excludes halogenated alkanes) is 1. The Bertz CT molecular complexity index is 1110. The molecule has 1 unspecified atom stereocenters. The van der Waals surface area contributed by atoms with Crippen molar-refractivity contribution in [2.75, 3.05) is 52.6 Å². The lowest BCUT2D eigenvalue weighted by atomic mass is 9.95. The Labute approximate surface area is 218 Å². The van der Waals surface area contributed by atoms with Gasteiger partial charge in [-0.3, -0.25) is 14.5 Å². The first kappa shape index (κ1) is 26.7. The van der Waals surface area contributed by atoms with E-state index >= 15 is 0 Å². The van der Waals surface area contributed by atoms with E-state index in [1.165, 1.54) is 0 Å². The molecule has 4 rings (SSSR count). The van der Waals surface area contributed by atoms with Crippen molar-refractivity contribution in [3.8, 4) is 11.5 Å². The van der Waals surface area contributed by atoms with Crippen molar-refractivity contribution in [3.05, 3.63) is 65.2 Å². The Morgan fingerprint density at radius 3 is 2.46 bits per heavy atom. The van der Waals surface area contributed by atoms with Crippen molar-refractivity contribution >= 4 is 17.4 Å². The molecule has 0 bridgehead atoms. The number of nitrogens with zero attached hydrogens (tertiary/aromatic N) is 2. The van der Waals surface area contributed by atoms with Crippen LogP contribution in [-0.2, 0) is 14.3 Å². The summed E-state index contributed by atoms with van der Waals surface area (Å²) in [6.07, 6.45) is 2.00. The molecular formula is C29H36N2O6. The van der Waals surface area contributed by atoms with E-state index in [1.54, 1.807) is 29.2 Å². The van der Waals surface area contributed by atoms with Gasteiger partial charge in [0.25, 0.3) is 11.7 Å². The minimum Gasteiger partial charge on any atom is -0.507 e. The molecule has 0 spiro atoms. The Kier molecular flexibility index (Phi) is 9.19. The summed E-state index contributed by atoms with van der Waals surface area (Å²) in [5.74, 6) is -0.189. The number of hydrogen-bond acceptors (Lipinski definition) is 7. The van der Waals surface area contributed by atoms with Crippen LogP contribution in [-0.4, -0.2) is 79.2 Å². The molecule has 8 nitrogen and oxygen atoms in total. The van der Waals surface area contributed by atoms with Gasteiger partial charge in [0.1, 0.15) is 17.3 Å². The van der Waals surface area contributed by atoms with E-state index in [9.17, 15) is 14.7 Å². The molecule has 2 aliphatic rings. The highest BCUT2D eigenvalue weighted by Gasteiger charge is 2.46. The van der Waals surface area contributed by atoms with Gasteiger partial charge in [0.2, 0.25) is 0 Å². The van der Waals surface area contributed by atoms with E-state index in [1.807, 2.05) is 31.2 Å². The van der Waals surface area contributed by atoms with E-state index in [2.05, 4.69) is 11.8 Å². The molecule has 2 aromatic carbocycles. The number of benzene rings is 2. The molecule has 0 radical (unpaired) electrons. The Hall–Kier alpha value is -3.36. The Morgan fingerprint density at radius 1 is 1.00 bits per heavy atom. The van der Waals surface area contributed by atoms with Gasteiger partial charge in [-0.25, -0.2) is 0 Å². The van der Waals surface area contributed by atoms with Crippen LogP contribution in [0.1, 0.15) is 43.9 Å². The SMILES string of the molecule is CCCCOc1ccc(C2/C(=C(\O)c3cccc(OCC)c3)C(=O)C(=O)N2CCN2CCOCC2)cc1. The van der Waals surface area contributed by atoms with Gasteiger partial charge < -0.3 is 24.2 Å². The zero-order valence-electron chi connectivity index (χ0n) is 21.7. The molecular weight excluding hydrogens is 472 g/mol. The summed E-state index contributed by atoms with van der Waals surface area (Å²) >= 11 is 0. The maximum atomic E-state index is 13.3. The van der Waals surface area contributed by atoms with Crippen LogP contribution in [0.4, 0.5) is 0 Å². The number of ether oxygens (including phenoxy) is 3. The number of hydrogen-bond donors (Lipinski definition) is 1. The largest absolute Gasteiger partial charge is 0.507 e. The molecule has 198 valence electrons. The third kappa shape index (κ3) is 6.32. The van der Waals surface area contributed by atoms with Crippen molar-refractivity contribution in [2.45, 2.75) is 32.7 Å². The van der Waals surface area contributed by atoms with Crippen LogP contribution < -0.4 is 9.47 Å². The molecule has 1 atom stereocenters. The van der Waals surface area contributed by atoms with Gasteiger partial charge in [-0.1, -0.05) is 37.6 Å². The minimum absolute atomic E-state index is 0.0836. The highest BCUT2D eigenvalue weighted by molar-refractivity contribution is 6.46. The number of aliphatic hydroxyl groups is 1. The maximum absolute atomic E-state index is 13.3. The normalized spacial score (nSPS) is 19.8. The lowest BCUT2D eigenvalue weighted by Crippen LogP contribution is -2.42. The number of amides is 1. The molecule has 2 aromatic rings. The van der Waals surface area contributed by atoms with Crippen LogP contribution >= 0.6 is 0 Å². The first-order valence-corrected chi connectivity index (χ1v) is 13.1. The third-order valence-electron chi connectivity index (χ3n) is 6.68. The fraction of sp³-hybridized carbons (Fsp3) is 0.448. The van der Waals surface area contributed by atoms with E-state index in [-0.39, 0.29) is 11.3 Å². The van der Waals surface area contributed by atoms with Crippen LogP contribution in [0.5, 0.6) is 11.5 Å². The fourth-order valence-electron chi connectivity index (χ4n) is 4.67. The zero-order chi connectivity index (χ0) is 26.2. The second kappa shape index (κ2) is 12.7. The second-order valence-electron chi connectivity index (χ2n) is 9.18. The second-order valence-corrected chi connectivity index (χ2v) is 9.18. The van der Waals surface area contributed by atoms with Crippen LogP contribution in [0.25, 0.3) is 5.76 Å². The third-order valence-corrected chi connectivity index (χ3v) is 6.68. The summed E-state index contributed by atoms with van der Waals surface area (Å²) in [6.45, 7) is 8.93. The van der Waals surface area contributed by atoms with Crippen LogP contribution in [0, 0.1) is 0 Å². The predicted molar refractivity (Wildman–Crippen MR) is 141 cm³/mol. The molecule has 1 N–H and O–H groups in total. The van der Waals surface area contributed by atoms with E-state index in [4.69, 9.17) is 14.2 Å². The number of carbonyl (C=O) groups is 2. The maximum Gasteiger partial charge on any atom is 0.295 e. The summed E-state index contributed by atoms with van der Waals surface area (Å²) in [4.78, 5) is 30.4. The smallest absolute Gasteiger partial charge is 0.295 e. The minimum atomic E-state index is -0.707. The molecule has 0 saturated carbocycles. The Balaban J connectivity index is 1.68. The monoisotopic (exact) mass is 508 g/mol. The average Bonchev–Trinajstić information content (AvgIpc) is 3.18. The highest BCUT2D eigenvalue weighted by atomic mass is 16.5. The van der Waals surface area contributed by atoms with E-state index in [0.29, 0.717) is 50.8 Å². The van der Waals surface area contributed by atoms with Crippen LogP contribution in [0.15, 0.2) is 54.1 Å². The van der Waals surface area contributed by atoms with Gasteiger partial charge in [0, 0.05) is 31.7 Å². The molecule has 2 saturated heterocycles. The standard InChI is InChI=1S/C29H36N2O6/c1-3-5-17-37-23-11-9-21(10-12-23)26-25(27(32)22-7-6-8-24(20-22)36-4-2)28(33)29(34)31(26)14-13-30-15-18-35-19-16-30/h6-12,20,26,32H,3-5,13-19H2,1-2H3/b27-25+. The van der Waals surface area contributed by atoms with Crippen molar-refractivity contribution < 1.29 is 28.9 Å².